The quantitative estimate of drug-likeness (QED) is 0.597. The molecule has 1 aromatic carbocycles. The maximum Gasteiger partial charge on any atom is 0.271 e. The molecule has 0 radical (unpaired) electrons. The van der Waals surface area contributed by atoms with Gasteiger partial charge in [-0.1, -0.05) is 0 Å². The number of halogens is 2. The average molecular weight is 415 g/mol. The van der Waals surface area contributed by atoms with Crippen molar-refractivity contribution in [3.8, 4) is 5.75 Å². The number of phenols is 1. The third-order valence-electron chi connectivity index (χ3n) is 3.05. The SMILES string of the molecule is Cc1ccc(/C=N/NC(=O)c2cc(Br)c(O)c(Br)c2)n1C. The van der Waals surface area contributed by atoms with E-state index in [9.17, 15) is 9.90 Å². The Bertz CT molecular complexity index is 700. The van der Waals surface area contributed by atoms with Crippen molar-refractivity contribution in [3.05, 3.63) is 50.2 Å². The van der Waals surface area contributed by atoms with E-state index in [-0.39, 0.29) is 11.7 Å². The summed E-state index contributed by atoms with van der Waals surface area (Å²) >= 11 is 6.36. The summed E-state index contributed by atoms with van der Waals surface area (Å²) in [6, 6.07) is 6.94. The van der Waals surface area contributed by atoms with Gasteiger partial charge in [0.2, 0.25) is 0 Å². The molecule has 0 saturated heterocycles. The van der Waals surface area contributed by atoms with Crippen LogP contribution < -0.4 is 5.43 Å². The van der Waals surface area contributed by atoms with Crippen LogP contribution in [0.2, 0.25) is 0 Å². The minimum absolute atomic E-state index is 0.0503. The van der Waals surface area contributed by atoms with Crippen molar-refractivity contribution < 1.29 is 9.90 Å². The van der Waals surface area contributed by atoms with Crippen LogP contribution in [0.5, 0.6) is 5.75 Å². The number of hydrogen-bond donors (Lipinski definition) is 2. The van der Waals surface area contributed by atoms with Gasteiger partial charge in [0.15, 0.2) is 0 Å². The van der Waals surface area contributed by atoms with Crippen LogP contribution >= 0.6 is 31.9 Å². The Labute approximate surface area is 138 Å². The number of benzene rings is 1. The van der Waals surface area contributed by atoms with E-state index in [1.54, 1.807) is 6.21 Å². The summed E-state index contributed by atoms with van der Waals surface area (Å²) in [7, 11) is 1.92. The lowest BCUT2D eigenvalue weighted by Crippen LogP contribution is -2.18. The van der Waals surface area contributed by atoms with Crippen LogP contribution in [0.4, 0.5) is 0 Å². The summed E-state index contributed by atoms with van der Waals surface area (Å²) in [6.07, 6.45) is 1.58. The molecule has 21 heavy (non-hydrogen) atoms. The second-order valence-electron chi connectivity index (χ2n) is 4.45. The van der Waals surface area contributed by atoms with E-state index in [0.717, 1.165) is 11.4 Å². The fourth-order valence-electron chi connectivity index (χ4n) is 1.68. The topological polar surface area (TPSA) is 66.6 Å². The van der Waals surface area contributed by atoms with Crippen molar-refractivity contribution >= 4 is 44.0 Å². The van der Waals surface area contributed by atoms with Gasteiger partial charge in [-0.3, -0.25) is 4.79 Å². The minimum Gasteiger partial charge on any atom is -0.506 e. The molecule has 2 N–H and O–H groups in total. The summed E-state index contributed by atoms with van der Waals surface area (Å²) in [5.41, 5.74) is 4.83. The number of carbonyl (C=O) groups excluding carboxylic acids is 1. The summed E-state index contributed by atoms with van der Waals surface area (Å²) in [6.45, 7) is 1.99. The number of phenolic OH excluding ortho intramolecular Hbond substituents is 1. The Morgan fingerprint density at radius 2 is 1.95 bits per heavy atom. The third kappa shape index (κ3) is 3.54. The fraction of sp³-hybridized carbons (Fsp3) is 0.143. The van der Waals surface area contributed by atoms with Gasteiger partial charge in [-0.05, 0) is 63.0 Å². The van der Waals surface area contributed by atoms with Crippen LogP contribution in [0, 0.1) is 6.92 Å². The lowest BCUT2D eigenvalue weighted by atomic mass is 10.2. The Hall–Kier alpha value is -1.60. The van der Waals surface area contributed by atoms with Gasteiger partial charge in [-0.25, -0.2) is 5.43 Å². The minimum atomic E-state index is -0.362. The number of amides is 1. The van der Waals surface area contributed by atoms with Crippen LogP contribution in [0.15, 0.2) is 38.3 Å². The van der Waals surface area contributed by atoms with Crippen molar-refractivity contribution in [1.29, 1.82) is 0 Å². The second-order valence-corrected chi connectivity index (χ2v) is 6.15. The Kier molecular flexibility index (Phi) is 4.84. The van der Waals surface area contributed by atoms with E-state index in [2.05, 4.69) is 42.4 Å². The largest absolute Gasteiger partial charge is 0.506 e. The zero-order chi connectivity index (χ0) is 15.6. The molecule has 2 rings (SSSR count). The van der Waals surface area contributed by atoms with E-state index in [1.165, 1.54) is 12.1 Å². The molecule has 1 amide bonds. The van der Waals surface area contributed by atoms with E-state index >= 15 is 0 Å². The smallest absolute Gasteiger partial charge is 0.271 e. The highest BCUT2D eigenvalue weighted by Gasteiger charge is 2.11. The molecule has 0 saturated carbocycles. The summed E-state index contributed by atoms with van der Waals surface area (Å²) in [5.74, 6) is -0.312. The zero-order valence-corrected chi connectivity index (χ0v) is 14.6. The number of rotatable bonds is 3. The molecular weight excluding hydrogens is 402 g/mol. The zero-order valence-electron chi connectivity index (χ0n) is 11.4. The molecule has 7 heteroatoms. The van der Waals surface area contributed by atoms with Crippen molar-refractivity contribution in [1.82, 2.24) is 9.99 Å². The van der Waals surface area contributed by atoms with Crippen molar-refractivity contribution in [2.75, 3.05) is 0 Å². The number of carbonyl (C=O) groups is 1. The highest BCUT2D eigenvalue weighted by Crippen LogP contribution is 2.33. The number of hydrogen-bond acceptors (Lipinski definition) is 3. The van der Waals surface area contributed by atoms with Crippen molar-refractivity contribution in [2.45, 2.75) is 6.92 Å². The normalized spacial score (nSPS) is 11.0. The molecule has 0 aliphatic rings. The molecule has 2 aromatic rings. The number of nitrogens with one attached hydrogen (secondary N) is 1. The Morgan fingerprint density at radius 3 is 2.48 bits per heavy atom. The molecule has 0 bridgehead atoms. The number of hydrazone groups is 1. The van der Waals surface area contributed by atoms with Gasteiger partial charge in [0.05, 0.1) is 20.9 Å². The van der Waals surface area contributed by atoms with Crippen LogP contribution in [-0.2, 0) is 7.05 Å². The first-order chi connectivity index (χ1) is 9.90. The first-order valence-electron chi connectivity index (χ1n) is 6.04. The molecule has 5 nitrogen and oxygen atoms in total. The summed E-state index contributed by atoms with van der Waals surface area (Å²) in [5, 5.41) is 13.5. The molecule has 0 atom stereocenters. The monoisotopic (exact) mass is 413 g/mol. The van der Waals surface area contributed by atoms with Crippen LogP contribution in [0.25, 0.3) is 0 Å². The van der Waals surface area contributed by atoms with Crippen molar-refractivity contribution in [3.63, 3.8) is 0 Å². The molecule has 1 aromatic heterocycles. The standard InChI is InChI=1S/C14H13Br2N3O2/c1-8-3-4-10(19(8)2)7-17-18-14(21)9-5-11(15)13(20)12(16)6-9/h3-7,20H,1-2H3,(H,18,21)/b17-7+. The maximum absolute atomic E-state index is 12.0. The molecule has 1 heterocycles. The first kappa shape index (κ1) is 15.8. The van der Waals surface area contributed by atoms with Gasteiger partial charge in [0.1, 0.15) is 5.75 Å². The molecule has 110 valence electrons. The molecule has 0 fully saturated rings. The van der Waals surface area contributed by atoms with Gasteiger partial charge >= 0.3 is 0 Å². The van der Waals surface area contributed by atoms with Crippen LogP contribution in [0.1, 0.15) is 21.7 Å². The lowest BCUT2D eigenvalue weighted by molar-refractivity contribution is 0.0955. The third-order valence-corrected chi connectivity index (χ3v) is 4.26. The summed E-state index contributed by atoms with van der Waals surface area (Å²) in [4.78, 5) is 12.0. The van der Waals surface area contributed by atoms with Gasteiger partial charge in [-0.2, -0.15) is 5.10 Å². The van der Waals surface area contributed by atoms with E-state index in [4.69, 9.17) is 0 Å². The molecule has 0 aliphatic heterocycles. The highest BCUT2D eigenvalue weighted by atomic mass is 79.9. The average Bonchev–Trinajstić information content (AvgIpc) is 2.76. The molecule has 0 unspecified atom stereocenters. The molecule has 0 aliphatic carbocycles. The number of aromatic nitrogens is 1. The summed E-state index contributed by atoms with van der Waals surface area (Å²) < 4.78 is 2.83. The predicted molar refractivity (Wildman–Crippen MR) is 88.7 cm³/mol. The highest BCUT2D eigenvalue weighted by molar-refractivity contribution is 9.11. The number of aryl methyl sites for hydroxylation is 1. The second kappa shape index (κ2) is 6.44. The Morgan fingerprint density at radius 1 is 1.33 bits per heavy atom. The van der Waals surface area contributed by atoms with Gasteiger partial charge in [0, 0.05) is 18.3 Å². The van der Waals surface area contributed by atoms with E-state index in [1.807, 2.05) is 30.7 Å². The molecule has 0 spiro atoms. The number of nitrogens with zero attached hydrogens (tertiary/aromatic N) is 2. The van der Waals surface area contributed by atoms with Crippen LogP contribution in [0.3, 0.4) is 0 Å². The lowest BCUT2D eigenvalue weighted by Gasteiger charge is -2.05. The van der Waals surface area contributed by atoms with E-state index < -0.39 is 0 Å². The van der Waals surface area contributed by atoms with Gasteiger partial charge in [-0.15, -0.1) is 0 Å². The van der Waals surface area contributed by atoms with E-state index in [0.29, 0.717) is 14.5 Å². The maximum atomic E-state index is 12.0. The predicted octanol–water partition coefficient (Wildman–Crippen LogP) is 3.33. The fourth-order valence-corrected chi connectivity index (χ4v) is 2.87. The van der Waals surface area contributed by atoms with Gasteiger partial charge < -0.3 is 9.67 Å². The van der Waals surface area contributed by atoms with Crippen molar-refractivity contribution in [2.24, 2.45) is 12.1 Å². The molecular formula is C14H13Br2N3O2. The Balaban J connectivity index is 2.10. The first-order valence-corrected chi connectivity index (χ1v) is 7.62. The number of aromatic hydroxyl groups is 1. The van der Waals surface area contributed by atoms with Gasteiger partial charge in [0.25, 0.3) is 5.91 Å². The van der Waals surface area contributed by atoms with Crippen LogP contribution in [-0.4, -0.2) is 21.8 Å².